The number of carbonyl (C=O) groups is 1. The average molecular weight is 603 g/mol. The molecule has 1 fully saturated rings. The van der Waals surface area contributed by atoms with E-state index in [1.165, 1.54) is 35.6 Å². The summed E-state index contributed by atoms with van der Waals surface area (Å²) in [4.78, 5) is 13.0. The van der Waals surface area contributed by atoms with Gasteiger partial charge in [-0.25, -0.2) is 0 Å². The molecule has 210 valence electrons. The van der Waals surface area contributed by atoms with Gasteiger partial charge in [0, 0.05) is 30.1 Å². The molecule has 1 aromatic heterocycles. The Morgan fingerprint density at radius 3 is 2.38 bits per heavy atom. The van der Waals surface area contributed by atoms with Crippen LogP contribution in [0.3, 0.4) is 0 Å². The Bertz CT molecular complexity index is 1310. The Hall–Kier alpha value is -2.52. The molecule has 2 N–H and O–H groups in total. The molecule has 1 amide bonds. The van der Waals surface area contributed by atoms with Gasteiger partial charge in [0.25, 0.3) is 0 Å². The molecule has 8 nitrogen and oxygen atoms in total. The second-order valence-corrected chi connectivity index (χ2v) is 15.6. The summed E-state index contributed by atoms with van der Waals surface area (Å²) in [7, 11) is 0.574. The molecule has 2 aromatic carbocycles. The van der Waals surface area contributed by atoms with Crippen molar-refractivity contribution in [3.05, 3.63) is 54.4 Å². The quantitative estimate of drug-likeness (QED) is 0.187. The number of carbonyl (C=O) groups excluding carboxylic acids is 1. The van der Waals surface area contributed by atoms with Gasteiger partial charge in [-0.1, -0.05) is 11.4 Å². The fraction of sp³-hybridized carbons (Fsp3) is 0.400. The molecule has 39 heavy (non-hydrogen) atoms. The monoisotopic (exact) mass is 602 g/mol. The van der Waals surface area contributed by atoms with E-state index in [4.69, 9.17) is 19.6 Å². The van der Waals surface area contributed by atoms with Crippen molar-refractivity contribution in [1.82, 2.24) is 4.75 Å². The van der Waals surface area contributed by atoms with Crippen LogP contribution in [0.2, 0.25) is 0 Å². The summed E-state index contributed by atoms with van der Waals surface area (Å²) in [5.74, 6) is 0.316. The maximum atomic E-state index is 13.6. The standard InChI is InChI=1S/C25H27F3N2O6P2S/c1-38(32,24(23(29)31)12-15-33-16-13-24)39-20-10-8-18(9-11-20)34-14-2-3-21-30-37-22(35-21)17-4-6-19(7-5-17)36-25(26,27)28/h4-11H,2-3,12-16H2,1H3,(H2,29,31). The number of alkyl halides is 3. The topological polar surface area (TPSA) is 114 Å². The number of aromatic nitrogens is 1. The number of rotatable bonds is 11. The molecule has 4 rings (SSSR count). The number of hydrogen-bond acceptors (Lipinski definition) is 8. The van der Waals surface area contributed by atoms with Crippen molar-refractivity contribution < 1.29 is 41.2 Å². The van der Waals surface area contributed by atoms with Crippen LogP contribution in [0.1, 0.15) is 25.2 Å². The smallest absolute Gasteiger partial charge is 0.494 e. The van der Waals surface area contributed by atoms with Gasteiger partial charge in [-0.2, -0.15) is 4.75 Å². The molecular formula is C25H27F3N2O6P2S. The van der Waals surface area contributed by atoms with Crippen molar-refractivity contribution in [1.29, 1.82) is 0 Å². The molecule has 1 saturated heterocycles. The average Bonchev–Trinajstić information content (AvgIpc) is 3.36. The van der Waals surface area contributed by atoms with Crippen molar-refractivity contribution in [2.75, 3.05) is 26.5 Å². The number of amides is 1. The molecule has 0 spiro atoms. The number of nitrogens with zero attached hydrogens (tertiary/aromatic N) is 1. The van der Waals surface area contributed by atoms with Gasteiger partial charge in [0.05, 0.1) is 15.0 Å². The molecule has 1 unspecified atom stereocenters. The third kappa shape index (κ3) is 7.57. The molecule has 0 bridgehead atoms. The van der Waals surface area contributed by atoms with E-state index in [1.807, 2.05) is 0 Å². The van der Waals surface area contributed by atoms with Crippen LogP contribution < -0.4 is 15.2 Å². The van der Waals surface area contributed by atoms with Gasteiger partial charge in [0.15, 0.2) is 17.7 Å². The summed E-state index contributed by atoms with van der Waals surface area (Å²) < 4.78 is 75.6. The minimum absolute atomic E-state index is 0.302. The van der Waals surface area contributed by atoms with Crippen molar-refractivity contribution in [3.63, 3.8) is 0 Å². The Labute approximate surface area is 229 Å². The summed E-state index contributed by atoms with van der Waals surface area (Å²) in [6.45, 7) is 2.74. The predicted octanol–water partition coefficient (Wildman–Crippen LogP) is 6.87. The van der Waals surface area contributed by atoms with Crippen molar-refractivity contribution in [3.8, 4) is 22.6 Å². The van der Waals surface area contributed by atoms with Crippen LogP contribution in [0.4, 0.5) is 13.2 Å². The van der Waals surface area contributed by atoms with E-state index in [0.29, 0.717) is 76.6 Å². The normalized spacial score (nSPS) is 17.0. The molecule has 1 aliphatic heterocycles. The second-order valence-electron chi connectivity index (χ2n) is 8.94. The summed E-state index contributed by atoms with van der Waals surface area (Å²) in [6, 6.07) is 12.6. The Morgan fingerprint density at radius 2 is 1.77 bits per heavy atom. The van der Waals surface area contributed by atoms with Crippen LogP contribution in [-0.4, -0.2) is 48.7 Å². The zero-order valence-corrected chi connectivity index (χ0v) is 23.6. The van der Waals surface area contributed by atoms with Crippen LogP contribution >= 0.6 is 26.1 Å². The molecule has 2 heterocycles. The zero-order valence-electron chi connectivity index (χ0n) is 21.0. The van der Waals surface area contributed by atoms with Gasteiger partial charge < -0.3 is 28.9 Å². The summed E-state index contributed by atoms with van der Waals surface area (Å²) in [6.07, 6.45) is -5.92. The fourth-order valence-electron chi connectivity index (χ4n) is 4.13. The van der Waals surface area contributed by atoms with E-state index in [-0.39, 0.29) is 5.75 Å². The number of hydrogen-bond donors (Lipinski definition) is 1. The molecule has 0 radical (unpaired) electrons. The first kappa shape index (κ1) is 29.5. The Kier molecular flexibility index (Phi) is 9.32. The number of ether oxygens (including phenoxy) is 3. The highest BCUT2D eigenvalue weighted by Crippen LogP contribution is 2.70. The van der Waals surface area contributed by atoms with E-state index in [0.717, 1.165) is 4.90 Å². The van der Waals surface area contributed by atoms with Crippen molar-refractivity contribution in [2.24, 2.45) is 5.73 Å². The summed E-state index contributed by atoms with van der Waals surface area (Å²) in [5, 5.41) is -1.07. The summed E-state index contributed by atoms with van der Waals surface area (Å²) in [5.41, 5.74) is 6.83. The molecule has 0 aliphatic carbocycles. The second kappa shape index (κ2) is 12.3. The van der Waals surface area contributed by atoms with Gasteiger partial charge in [-0.15, -0.1) is 13.2 Å². The highest BCUT2D eigenvalue weighted by atomic mass is 32.7. The van der Waals surface area contributed by atoms with E-state index < -0.39 is 23.8 Å². The SMILES string of the molecule is CP(=O)(Sc1ccc(OCCCc2npc(-c3ccc(OC(F)(F)F)cc3)o2)cc1)C1(C(N)=O)CCOCC1. The van der Waals surface area contributed by atoms with E-state index in [9.17, 15) is 22.5 Å². The van der Waals surface area contributed by atoms with Gasteiger partial charge in [-0.3, -0.25) is 4.79 Å². The minimum atomic E-state index is -4.74. The van der Waals surface area contributed by atoms with Crippen LogP contribution in [0.15, 0.2) is 57.8 Å². The number of halogens is 3. The number of primary amides is 1. The number of nitrogens with two attached hydrogens (primary N) is 1. The lowest BCUT2D eigenvalue weighted by Crippen LogP contribution is -2.47. The highest BCUT2D eigenvalue weighted by Gasteiger charge is 2.51. The first-order valence-electron chi connectivity index (χ1n) is 12.0. The minimum Gasteiger partial charge on any atom is -0.494 e. The number of aryl methyl sites for hydroxylation is 1. The van der Waals surface area contributed by atoms with Crippen molar-refractivity contribution >= 4 is 32.0 Å². The van der Waals surface area contributed by atoms with Crippen LogP contribution in [0.5, 0.6) is 11.5 Å². The summed E-state index contributed by atoms with van der Waals surface area (Å²) >= 11 is 1.19. The van der Waals surface area contributed by atoms with Gasteiger partial charge in [0.1, 0.15) is 16.7 Å². The third-order valence-corrected chi connectivity index (χ3v) is 12.9. The van der Waals surface area contributed by atoms with Crippen molar-refractivity contribution in [2.45, 2.75) is 42.1 Å². The van der Waals surface area contributed by atoms with Crippen LogP contribution in [0.25, 0.3) is 11.1 Å². The third-order valence-electron chi connectivity index (χ3n) is 6.26. The van der Waals surface area contributed by atoms with E-state index in [2.05, 4.69) is 9.48 Å². The largest absolute Gasteiger partial charge is 0.573 e. The lowest BCUT2D eigenvalue weighted by atomic mass is 9.98. The maximum Gasteiger partial charge on any atom is 0.573 e. The zero-order chi connectivity index (χ0) is 28.1. The first-order chi connectivity index (χ1) is 18.5. The lowest BCUT2D eigenvalue weighted by molar-refractivity contribution is -0.274. The van der Waals surface area contributed by atoms with Gasteiger partial charge in [-0.05, 0) is 74.5 Å². The highest BCUT2D eigenvalue weighted by molar-refractivity contribution is 8.58. The Balaban J connectivity index is 1.25. The lowest BCUT2D eigenvalue weighted by Gasteiger charge is -2.38. The Morgan fingerprint density at radius 1 is 1.13 bits per heavy atom. The maximum absolute atomic E-state index is 13.6. The molecule has 0 saturated carbocycles. The first-order valence-corrected chi connectivity index (χ1v) is 16.5. The van der Waals surface area contributed by atoms with Crippen LogP contribution in [0, 0.1) is 0 Å². The number of benzene rings is 2. The van der Waals surface area contributed by atoms with Gasteiger partial charge in [0.2, 0.25) is 5.91 Å². The molecule has 3 aromatic rings. The molecule has 14 heteroatoms. The fourth-order valence-corrected chi connectivity index (χ4v) is 10.0. The van der Waals surface area contributed by atoms with E-state index in [1.54, 1.807) is 30.9 Å². The predicted molar refractivity (Wildman–Crippen MR) is 143 cm³/mol. The molecule has 1 aliphatic rings. The van der Waals surface area contributed by atoms with E-state index >= 15 is 0 Å². The molecular weight excluding hydrogens is 575 g/mol. The van der Waals surface area contributed by atoms with Gasteiger partial charge >= 0.3 is 6.36 Å². The van der Waals surface area contributed by atoms with Crippen LogP contribution in [-0.2, 0) is 20.5 Å². The molecule has 1 atom stereocenters.